The van der Waals surface area contributed by atoms with Crippen molar-refractivity contribution in [1.29, 1.82) is 0 Å². The zero-order chi connectivity index (χ0) is 11.8. The van der Waals surface area contributed by atoms with Crippen LogP contribution in [0.5, 0.6) is 0 Å². The van der Waals surface area contributed by atoms with Gasteiger partial charge >= 0.3 is 5.88 Å². The minimum absolute atomic E-state index is 0.281. The molecule has 0 fully saturated rings. The van der Waals surface area contributed by atoms with E-state index in [-0.39, 0.29) is 5.88 Å². The third-order valence-electron chi connectivity index (χ3n) is 2.39. The van der Waals surface area contributed by atoms with Gasteiger partial charge in [-0.3, -0.25) is 10.1 Å². The Kier molecular flexibility index (Phi) is 1.94. The molecule has 0 radical (unpaired) electrons. The molecule has 0 spiro atoms. The Morgan fingerprint density at radius 2 is 2.18 bits per heavy atom. The number of nitro groups is 1. The highest BCUT2D eigenvalue weighted by Gasteiger charge is 2.14. The van der Waals surface area contributed by atoms with Crippen molar-refractivity contribution >= 4 is 11.5 Å². The van der Waals surface area contributed by atoms with Crippen LogP contribution >= 0.6 is 0 Å². The van der Waals surface area contributed by atoms with E-state index in [1.54, 1.807) is 12.3 Å². The molecule has 0 aliphatic heterocycles. The number of imidazole rings is 1. The number of nitrogens with zero attached hydrogens (tertiary/aromatic N) is 3. The van der Waals surface area contributed by atoms with Gasteiger partial charge in [0.15, 0.2) is 5.76 Å². The van der Waals surface area contributed by atoms with E-state index in [0.717, 1.165) is 5.65 Å². The third-order valence-corrected chi connectivity index (χ3v) is 2.39. The summed E-state index contributed by atoms with van der Waals surface area (Å²) in [4.78, 5) is 14.2. The second-order valence-electron chi connectivity index (χ2n) is 3.49. The van der Waals surface area contributed by atoms with Crippen LogP contribution in [0.1, 0.15) is 0 Å². The predicted octanol–water partition coefficient (Wildman–Crippen LogP) is 2.50. The molecule has 3 heterocycles. The van der Waals surface area contributed by atoms with Gasteiger partial charge in [-0.15, -0.1) is 0 Å². The Morgan fingerprint density at radius 1 is 1.29 bits per heavy atom. The lowest BCUT2D eigenvalue weighted by molar-refractivity contribution is -0.401. The minimum Gasteiger partial charge on any atom is -0.399 e. The molecule has 0 unspecified atom stereocenters. The summed E-state index contributed by atoms with van der Waals surface area (Å²) in [5, 5.41) is 10.5. The first-order valence-corrected chi connectivity index (χ1v) is 4.92. The van der Waals surface area contributed by atoms with E-state index in [2.05, 4.69) is 4.98 Å². The number of pyridine rings is 1. The third kappa shape index (κ3) is 1.55. The first-order chi connectivity index (χ1) is 8.24. The molecule has 3 aromatic heterocycles. The Labute approximate surface area is 95.3 Å². The maximum Gasteiger partial charge on any atom is 0.433 e. The molecule has 84 valence electrons. The van der Waals surface area contributed by atoms with Crippen molar-refractivity contribution in [1.82, 2.24) is 9.38 Å². The Balaban J connectivity index is 2.10. The van der Waals surface area contributed by atoms with E-state index in [1.807, 2.05) is 28.8 Å². The smallest absolute Gasteiger partial charge is 0.399 e. The number of hydrogen-bond donors (Lipinski definition) is 0. The fourth-order valence-electron chi connectivity index (χ4n) is 1.62. The highest BCUT2D eigenvalue weighted by Crippen LogP contribution is 2.25. The van der Waals surface area contributed by atoms with Gasteiger partial charge in [-0.2, -0.15) is 0 Å². The van der Waals surface area contributed by atoms with Crippen LogP contribution in [0.3, 0.4) is 0 Å². The van der Waals surface area contributed by atoms with Crippen LogP contribution in [0.4, 0.5) is 5.88 Å². The fraction of sp³-hybridized carbons (Fsp3) is 0. The summed E-state index contributed by atoms with van der Waals surface area (Å²) >= 11 is 0. The van der Waals surface area contributed by atoms with Crippen LogP contribution in [0.25, 0.3) is 17.1 Å². The van der Waals surface area contributed by atoms with Crippen molar-refractivity contribution in [2.45, 2.75) is 0 Å². The molecule has 3 aromatic rings. The van der Waals surface area contributed by atoms with Gasteiger partial charge in [-0.05, 0) is 18.2 Å². The summed E-state index contributed by atoms with van der Waals surface area (Å²) in [5.74, 6) is 0.109. The topological polar surface area (TPSA) is 73.6 Å². The summed E-state index contributed by atoms with van der Waals surface area (Å²) < 4.78 is 6.91. The molecule has 0 saturated heterocycles. The zero-order valence-corrected chi connectivity index (χ0v) is 8.61. The summed E-state index contributed by atoms with van der Waals surface area (Å²) in [6.07, 6.45) is 3.61. The molecule has 0 aliphatic rings. The van der Waals surface area contributed by atoms with Crippen LogP contribution in [0.2, 0.25) is 0 Å². The molecule has 0 aliphatic carbocycles. The molecule has 6 nitrogen and oxygen atoms in total. The molecule has 0 saturated carbocycles. The van der Waals surface area contributed by atoms with Gasteiger partial charge in [-0.25, -0.2) is 4.98 Å². The maximum atomic E-state index is 10.5. The standard InChI is InChI=1S/C11H7N3O3/c15-14(16)11-5-4-9(17-11)8-7-13-6-2-1-3-10(13)12-8/h1-7H. The lowest BCUT2D eigenvalue weighted by Gasteiger charge is -1.86. The Bertz CT molecular complexity index is 666. The quantitative estimate of drug-likeness (QED) is 0.499. The predicted molar refractivity (Wildman–Crippen MR) is 59.5 cm³/mol. The highest BCUT2D eigenvalue weighted by molar-refractivity contribution is 5.58. The molecule has 6 heteroatoms. The van der Waals surface area contributed by atoms with Crippen LogP contribution in [-0.2, 0) is 0 Å². The van der Waals surface area contributed by atoms with Gasteiger partial charge in [0.05, 0.1) is 6.07 Å². The van der Waals surface area contributed by atoms with Crippen molar-refractivity contribution in [2.75, 3.05) is 0 Å². The number of aromatic nitrogens is 2. The molecule has 0 amide bonds. The zero-order valence-electron chi connectivity index (χ0n) is 8.61. The lowest BCUT2D eigenvalue weighted by Crippen LogP contribution is -1.82. The molecular formula is C11H7N3O3. The second-order valence-corrected chi connectivity index (χ2v) is 3.49. The van der Waals surface area contributed by atoms with Crippen molar-refractivity contribution in [3.05, 3.63) is 52.8 Å². The maximum absolute atomic E-state index is 10.5. The molecule has 0 N–H and O–H groups in total. The van der Waals surface area contributed by atoms with Crippen molar-refractivity contribution in [3.63, 3.8) is 0 Å². The number of fused-ring (bicyclic) bond motifs is 1. The van der Waals surface area contributed by atoms with Gasteiger partial charge in [0.1, 0.15) is 16.3 Å². The number of furan rings is 1. The molecule has 17 heavy (non-hydrogen) atoms. The molecule has 0 aromatic carbocycles. The summed E-state index contributed by atoms with van der Waals surface area (Å²) in [7, 11) is 0. The number of rotatable bonds is 2. The van der Waals surface area contributed by atoms with E-state index in [4.69, 9.17) is 4.42 Å². The van der Waals surface area contributed by atoms with E-state index < -0.39 is 4.92 Å². The number of hydrogen-bond acceptors (Lipinski definition) is 4. The monoisotopic (exact) mass is 229 g/mol. The van der Waals surface area contributed by atoms with Gasteiger partial charge in [0.2, 0.25) is 0 Å². The Hall–Kier alpha value is -2.63. The van der Waals surface area contributed by atoms with E-state index >= 15 is 0 Å². The van der Waals surface area contributed by atoms with Crippen molar-refractivity contribution < 1.29 is 9.34 Å². The molecule has 3 rings (SSSR count). The lowest BCUT2D eigenvalue weighted by atomic mass is 10.4. The van der Waals surface area contributed by atoms with Crippen LogP contribution < -0.4 is 0 Å². The summed E-state index contributed by atoms with van der Waals surface area (Å²) in [6.45, 7) is 0. The van der Waals surface area contributed by atoms with Crippen molar-refractivity contribution in [3.8, 4) is 11.5 Å². The van der Waals surface area contributed by atoms with Gasteiger partial charge in [-0.1, -0.05) is 6.07 Å². The highest BCUT2D eigenvalue weighted by atomic mass is 16.6. The summed E-state index contributed by atoms with van der Waals surface area (Å²) in [6, 6.07) is 8.46. The second kappa shape index (κ2) is 3.44. The van der Waals surface area contributed by atoms with E-state index in [9.17, 15) is 10.1 Å². The molecular weight excluding hydrogens is 222 g/mol. The van der Waals surface area contributed by atoms with Crippen LogP contribution in [-0.4, -0.2) is 14.3 Å². The SMILES string of the molecule is O=[N+]([O-])c1ccc(-c2cn3ccccc3n2)o1. The average molecular weight is 229 g/mol. The van der Waals surface area contributed by atoms with Gasteiger partial charge in [0, 0.05) is 12.4 Å². The van der Waals surface area contributed by atoms with Crippen molar-refractivity contribution in [2.24, 2.45) is 0 Å². The fourth-order valence-corrected chi connectivity index (χ4v) is 1.62. The average Bonchev–Trinajstić information content (AvgIpc) is 2.95. The van der Waals surface area contributed by atoms with Gasteiger partial charge in [0.25, 0.3) is 0 Å². The minimum atomic E-state index is -0.570. The first-order valence-electron chi connectivity index (χ1n) is 4.92. The molecule has 0 bridgehead atoms. The van der Waals surface area contributed by atoms with E-state index in [0.29, 0.717) is 11.5 Å². The van der Waals surface area contributed by atoms with Crippen LogP contribution in [0, 0.1) is 10.1 Å². The summed E-state index contributed by atoms with van der Waals surface area (Å²) in [5.41, 5.74) is 1.34. The largest absolute Gasteiger partial charge is 0.433 e. The van der Waals surface area contributed by atoms with E-state index in [1.165, 1.54) is 6.07 Å². The normalized spacial score (nSPS) is 10.8. The van der Waals surface area contributed by atoms with Crippen LogP contribution in [0.15, 0.2) is 47.1 Å². The Morgan fingerprint density at radius 3 is 2.88 bits per heavy atom. The molecule has 0 atom stereocenters. The van der Waals surface area contributed by atoms with Gasteiger partial charge < -0.3 is 8.82 Å². The first kappa shape index (κ1) is 9.59.